The maximum absolute atomic E-state index is 13.8. The molecule has 0 radical (unpaired) electrons. The van der Waals surface area contributed by atoms with Crippen molar-refractivity contribution in [1.29, 1.82) is 0 Å². The number of halogens is 10. The lowest BCUT2D eigenvalue weighted by atomic mass is 10.2. The number of aromatic nitrogens is 2. The second kappa shape index (κ2) is 10.5. The monoisotopic (exact) mass is 797 g/mol. The number of hydrogen-bond donors (Lipinski definition) is 0. The van der Waals surface area contributed by atoms with Crippen LogP contribution in [0.15, 0.2) is 46.6 Å². The third-order valence-corrected chi connectivity index (χ3v) is 8.68. The van der Waals surface area contributed by atoms with E-state index >= 15 is 0 Å². The molecule has 0 aliphatic carbocycles. The minimum Gasteiger partial charge on any atom is -0.264 e. The highest BCUT2D eigenvalue weighted by molar-refractivity contribution is 14.1. The number of hydrogen-bond acceptors (Lipinski definition) is 5. The van der Waals surface area contributed by atoms with E-state index in [1.807, 2.05) is 0 Å². The van der Waals surface area contributed by atoms with Crippen molar-refractivity contribution < 1.29 is 39.0 Å². The van der Waals surface area contributed by atoms with E-state index in [2.05, 4.69) is 14.5 Å². The van der Waals surface area contributed by atoms with Crippen molar-refractivity contribution in [1.82, 2.24) is 9.78 Å². The van der Waals surface area contributed by atoms with Crippen molar-refractivity contribution in [3.05, 3.63) is 70.5 Å². The molecule has 0 aliphatic rings. The molecule has 0 fully saturated rings. The van der Waals surface area contributed by atoms with Crippen molar-refractivity contribution >= 4 is 84.2 Å². The Morgan fingerprint density at radius 2 is 1.67 bits per heavy atom. The molecule has 0 spiro atoms. The first-order chi connectivity index (χ1) is 16.4. The van der Waals surface area contributed by atoms with Crippen LogP contribution in [-0.2, 0) is 20.6 Å². The van der Waals surface area contributed by atoms with Crippen LogP contribution in [0.5, 0.6) is 0 Å². The molecule has 2 aromatic carbocycles. The highest BCUT2D eigenvalue weighted by Gasteiger charge is 2.41. The number of aryl methyl sites for hydroxylation is 1. The summed E-state index contributed by atoms with van der Waals surface area (Å²) in [4.78, 5) is -0.429. The minimum absolute atomic E-state index is 0.318. The topological polar surface area (TPSA) is 73.6 Å². The van der Waals surface area contributed by atoms with E-state index in [0.29, 0.717) is 17.8 Å². The van der Waals surface area contributed by atoms with Gasteiger partial charge in [0.1, 0.15) is 14.3 Å². The zero-order valence-corrected chi connectivity index (χ0v) is 23.9. The Kier molecular flexibility index (Phi) is 8.49. The molecule has 0 bridgehead atoms. The molecule has 0 atom stereocenters. The fourth-order valence-corrected chi connectivity index (χ4v) is 5.54. The minimum atomic E-state index is -5.21. The van der Waals surface area contributed by atoms with Crippen molar-refractivity contribution in [3.8, 4) is 5.69 Å². The van der Waals surface area contributed by atoms with E-state index in [1.165, 1.54) is 57.3 Å². The predicted molar refractivity (Wildman–Crippen MR) is 136 cm³/mol. The predicted octanol–water partition coefficient (Wildman–Crippen LogP) is 7.39. The van der Waals surface area contributed by atoms with Crippen LogP contribution in [0.4, 0.5) is 26.3 Å². The highest BCUT2D eigenvalue weighted by Crippen LogP contribution is 2.42. The smallest absolute Gasteiger partial charge is 0.264 e. The Morgan fingerprint density at radius 3 is 2.19 bits per heavy atom. The quantitative estimate of drug-likeness (QED) is 0.0889. The lowest BCUT2D eigenvalue weighted by Gasteiger charge is -2.16. The molecule has 194 valence electrons. The van der Waals surface area contributed by atoms with Crippen LogP contribution >= 0.6 is 68.4 Å². The van der Waals surface area contributed by atoms with E-state index < -0.39 is 57.8 Å². The van der Waals surface area contributed by atoms with Crippen LogP contribution < -0.4 is 0 Å². The van der Waals surface area contributed by atoms with Gasteiger partial charge in [-0.3, -0.25) is 4.28 Å². The Hall–Kier alpha value is -1.31. The molecule has 0 saturated heterocycles. The molecule has 0 N–H and O–H groups in total. The van der Waals surface area contributed by atoms with Gasteiger partial charge in [-0.05, 0) is 70.3 Å². The fourth-order valence-electron chi connectivity index (χ4n) is 2.72. The van der Waals surface area contributed by atoms with Gasteiger partial charge in [0.05, 0.1) is 27.4 Å². The number of oxime groups is 1. The van der Waals surface area contributed by atoms with E-state index in [0.717, 1.165) is 16.8 Å². The number of nitrogens with zero attached hydrogens (tertiary/aromatic N) is 3. The average molecular weight is 798 g/mol. The lowest BCUT2D eigenvalue weighted by Crippen LogP contribution is -2.25. The van der Waals surface area contributed by atoms with Crippen molar-refractivity contribution in [3.63, 3.8) is 0 Å². The molecule has 3 rings (SSSR count). The molecule has 36 heavy (non-hydrogen) atoms. The van der Waals surface area contributed by atoms with Gasteiger partial charge in [-0.1, -0.05) is 46.1 Å². The number of benzene rings is 2. The lowest BCUT2D eigenvalue weighted by molar-refractivity contribution is -0.138. The Morgan fingerprint density at radius 1 is 1.08 bits per heavy atom. The molecular formula is C19H9Cl2F6I2N3O3S. The Bertz CT molecular complexity index is 1460. The van der Waals surface area contributed by atoms with Crippen LogP contribution in [0.2, 0.25) is 10.0 Å². The van der Waals surface area contributed by atoms with Crippen molar-refractivity contribution in [2.45, 2.75) is 24.2 Å². The normalized spacial score (nSPS) is 13.2. The summed E-state index contributed by atoms with van der Waals surface area (Å²) < 4.78 is 110. The summed E-state index contributed by atoms with van der Waals surface area (Å²) in [7, 11) is -4.70. The summed E-state index contributed by atoms with van der Waals surface area (Å²) in [6.45, 7) is 1.67. The average Bonchev–Trinajstić information content (AvgIpc) is 3.10. The van der Waals surface area contributed by atoms with Gasteiger partial charge >= 0.3 is 22.5 Å². The second-order valence-electron chi connectivity index (χ2n) is 6.92. The first-order valence-corrected chi connectivity index (χ1v) is 13.4. The van der Waals surface area contributed by atoms with Crippen molar-refractivity contribution in [2.75, 3.05) is 0 Å². The first-order valence-electron chi connectivity index (χ1n) is 9.09. The zero-order valence-electron chi connectivity index (χ0n) is 17.2. The van der Waals surface area contributed by atoms with Gasteiger partial charge in [0, 0.05) is 3.57 Å². The summed E-state index contributed by atoms with van der Waals surface area (Å²) in [6, 6.07) is 5.65. The van der Waals surface area contributed by atoms with Gasteiger partial charge < -0.3 is 0 Å². The number of alkyl halides is 6. The van der Waals surface area contributed by atoms with Crippen LogP contribution in [0, 0.1) is 14.2 Å². The van der Waals surface area contributed by atoms with Crippen LogP contribution in [0.1, 0.15) is 16.7 Å². The molecule has 1 heterocycles. The molecule has 0 saturated carbocycles. The summed E-state index contributed by atoms with van der Waals surface area (Å²) in [5.41, 5.74) is -3.25. The Labute approximate surface area is 237 Å². The molecule has 3 aromatic rings. The van der Waals surface area contributed by atoms with E-state index in [9.17, 15) is 34.8 Å². The first kappa shape index (κ1) is 29.2. The van der Waals surface area contributed by atoms with Gasteiger partial charge in [-0.2, -0.15) is 39.9 Å². The van der Waals surface area contributed by atoms with Gasteiger partial charge in [0.25, 0.3) is 0 Å². The van der Waals surface area contributed by atoms with E-state index in [-0.39, 0.29) is 9.39 Å². The molecule has 0 aliphatic heterocycles. The molecule has 0 amide bonds. The largest absolute Gasteiger partial charge is 0.437 e. The van der Waals surface area contributed by atoms with Crippen molar-refractivity contribution in [2.24, 2.45) is 5.16 Å². The number of rotatable bonds is 5. The van der Waals surface area contributed by atoms with Crippen LogP contribution in [-0.4, -0.2) is 30.1 Å². The molecule has 0 unspecified atom stereocenters. The maximum atomic E-state index is 13.8. The third-order valence-electron chi connectivity index (χ3n) is 4.42. The molecule has 1 aromatic heterocycles. The summed E-state index contributed by atoms with van der Waals surface area (Å²) in [5, 5.41) is 5.55. The van der Waals surface area contributed by atoms with Crippen LogP contribution in [0.25, 0.3) is 5.69 Å². The maximum Gasteiger partial charge on any atom is 0.437 e. The standard InChI is InChI=1S/C19H9Cl2F6I2N3O3S/c1-8-2-4-9(5-3-8)36(33,34)35-31-16(19(25,26)27)10-7-30-32(17(10)29)15-12(20)6-11(18(22,23)24)14(28)13(15)21/h2-7H,1H3/b31-16-. The summed E-state index contributed by atoms with van der Waals surface area (Å²) in [6.07, 6.45) is -9.33. The molecule has 6 nitrogen and oxygen atoms in total. The molecular weight excluding hydrogens is 789 g/mol. The Balaban J connectivity index is 2.11. The van der Waals surface area contributed by atoms with Gasteiger partial charge in [0.15, 0.2) is 5.71 Å². The van der Waals surface area contributed by atoms with E-state index in [4.69, 9.17) is 23.2 Å². The van der Waals surface area contributed by atoms with Gasteiger partial charge in [-0.15, -0.1) is 0 Å². The SMILES string of the molecule is Cc1ccc(S(=O)(=O)O/N=C(/c2cnn(-c3c(Cl)cc(C(F)(F)F)c(I)c3Cl)c2I)C(F)(F)F)cc1. The highest BCUT2D eigenvalue weighted by atomic mass is 127. The third kappa shape index (κ3) is 6.05. The fraction of sp³-hybridized carbons (Fsp3) is 0.158. The summed E-state index contributed by atoms with van der Waals surface area (Å²) in [5.74, 6) is 0. The van der Waals surface area contributed by atoms with Crippen LogP contribution in [0.3, 0.4) is 0 Å². The van der Waals surface area contributed by atoms with Gasteiger partial charge in [0.2, 0.25) is 0 Å². The summed E-state index contributed by atoms with van der Waals surface area (Å²) >= 11 is 14.8. The second-order valence-corrected chi connectivity index (χ2v) is 11.3. The molecule has 17 heteroatoms. The van der Waals surface area contributed by atoms with Gasteiger partial charge in [-0.25, -0.2) is 4.68 Å². The van der Waals surface area contributed by atoms with E-state index in [1.54, 1.807) is 6.92 Å². The zero-order chi connectivity index (χ0) is 27.2.